The van der Waals surface area contributed by atoms with Crippen LogP contribution in [-0.2, 0) is 17.8 Å². The second-order valence-corrected chi connectivity index (χ2v) is 6.59. The molecule has 1 aliphatic heterocycles. The fourth-order valence-corrected chi connectivity index (χ4v) is 3.10. The Bertz CT molecular complexity index is 794. The van der Waals surface area contributed by atoms with Gasteiger partial charge in [0.15, 0.2) is 5.96 Å². The predicted octanol–water partition coefficient (Wildman–Crippen LogP) is 3.45. The lowest BCUT2D eigenvalue weighted by molar-refractivity contribution is 0.122. The van der Waals surface area contributed by atoms with E-state index in [-0.39, 0.29) is 29.8 Å². The quantitative estimate of drug-likeness (QED) is 0.377. The van der Waals surface area contributed by atoms with Crippen LogP contribution in [0, 0.1) is 12.7 Å². The fourth-order valence-electron chi connectivity index (χ4n) is 3.10. The van der Waals surface area contributed by atoms with E-state index < -0.39 is 0 Å². The Balaban J connectivity index is 0.00000280. The molecule has 5 nitrogen and oxygen atoms in total. The highest BCUT2D eigenvalue weighted by Gasteiger charge is 2.14. The fraction of sp³-hybridized carbons (Fsp3) is 0.381. The maximum atomic E-state index is 13.7. The number of nitrogens with one attached hydrogen (secondary N) is 2. The van der Waals surface area contributed by atoms with Gasteiger partial charge in [-0.05, 0) is 35.7 Å². The van der Waals surface area contributed by atoms with Gasteiger partial charge < -0.3 is 20.3 Å². The number of aryl methyl sites for hydroxylation is 1. The molecule has 1 saturated heterocycles. The van der Waals surface area contributed by atoms with Crippen LogP contribution in [0.25, 0.3) is 0 Å². The van der Waals surface area contributed by atoms with Gasteiger partial charge in [0, 0.05) is 38.9 Å². The molecule has 7 heteroatoms. The average molecular weight is 498 g/mol. The van der Waals surface area contributed by atoms with Crippen LogP contribution in [0.1, 0.15) is 16.7 Å². The highest BCUT2D eigenvalue weighted by atomic mass is 127. The molecular weight excluding hydrogens is 470 g/mol. The van der Waals surface area contributed by atoms with Crippen molar-refractivity contribution in [3.8, 4) is 0 Å². The number of halogens is 2. The van der Waals surface area contributed by atoms with Crippen molar-refractivity contribution in [2.75, 3.05) is 38.3 Å². The average Bonchev–Trinajstić information content (AvgIpc) is 2.71. The minimum absolute atomic E-state index is 0. The van der Waals surface area contributed by atoms with Crippen molar-refractivity contribution in [3.05, 3.63) is 65.0 Å². The smallest absolute Gasteiger partial charge is 0.191 e. The van der Waals surface area contributed by atoms with Crippen LogP contribution in [0.5, 0.6) is 0 Å². The van der Waals surface area contributed by atoms with E-state index in [0.29, 0.717) is 24.6 Å². The van der Waals surface area contributed by atoms with Crippen LogP contribution < -0.4 is 15.5 Å². The van der Waals surface area contributed by atoms with E-state index in [1.807, 2.05) is 12.1 Å². The van der Waals surface area contributed by atoms with Gasteiger partial charge in [0.25, 0.3) is 0 Å². The van der Waals surface area contributed by atoms with Crippen LogP contribution >= 0.6 is 24.0 Å². The summed E-state index contributed by atoms with van der Waals surface area (Å²) in [4.78, 5) is 6.62. The Labute approximate surface area is 183 Å². The highest BCUT2D eigenvalue weighted by molar-refractivity contribution is 14.0. The van der Waals surface area contributed by atoms with Crippen molar-refractivity contribution in [1.82, 2.24) is 10.6 Å². The molecule has 0 saturated carbocycles. The van der Waals surface area contributed by atoms with Crippen molar-refractivity contribution in [2.45, 2.75) is 20.0 Å². The van der Waals surface area contributed by atoms with Gasteiger partial charge in [0.1, 0.15) is 5.82 Å². The number of hydrogen-bond donors (Lipinski definition) is 2. The summed E-state index contributed by atoms with van der Waals surface area (Å²) in [6, 6.07) is 13.7. The van der Waals surface area contributed by atoms with Crippen LogP contribution in [-0.4, -0.2) is 39.3 Å². The second-order valence-electron chi connectivity index (χ2n) is 6.59. The summed E-state index contributed by atoms with van der Waals surface area (Å²) < 4.78 is 19.1. The molecule has 1 heterocycles. The highest BCUT2D eigenvalue weighted by Crippen LogP contribution is 2.21. The molecule has 1 fully saturated rings. The maximum Gasteiger partial charge on any atom is 0.191 e. The lowest BCUT2D eigenvalue weighted by atomic mass is 10.1. The zero-order valence-electron chi connectivity index (χ0n) is 16.4. The van der Waals surface area contributed by atoms with Gasteiger partial charge in [-0.2, -0.15) is 0 Å². The lowest BCUT2D eigenvalue weighted by Crippen LogP contribution is -2.39. The first kappa shape index (κ1) is 22.4. The molecule has 0 spiro atoms. The molecule has 0 bridgehead atoms. The maximum absolute atomic E-state index is 13.7. The predicted molar refractivity (Wildman–Crippen MR) is 123 cm³/mol. The summed E-state index contributed by atoms with van der Waals surface area (Å²) in [5, 5.41) is 6.59. The first-order valence-corrected chi connectivity index (χ1v) is 9.27. The van der Waals surface area contributed by atoms with Crippen molar-refractivity contribution in [2.24, 2.45) is 4.99 Å². The molecule has 2 N–H and O–H groups in total. The van der Waals surface area contributed by atoms with E-state index >= 15 is 0 Å². The van der Waals surface area contributed by atoms with E-state index in [2.05, 4.69) is 38.7 Å². The van der Waals surface area contributed by atoms with Crippen LogP contribution in [0.2, 0.25) is 0 Å². The summed E-state index contributed by atoms with van der Waals surface area (Å²) in [6.45, 7) is 6.28. The molecule has 0 unspecified atom stereocenters. The number of para-hydroxylation sites is 1. The van der Waals surface area contributed by atoms with Gasteiger partial charge >= 0.3 is 0 Å². The van der Waals surface area contributed by atoms with Crippen molar-refractivity contribution < 1.29 is 9.13 Å². The Morgan fingerprint density at radius 1 is 1.11 bits per heavy atom. The van der Waals surface area contributed by atoms with Gasteiger partial charge in [-0.1, -0.05) is 30.3 Å². The standard InChI is InChI=1S/C21H27FN4O.HI/c1-16-7-8-17(13-19(16)22)14-24-21(23-2)25-15-18-5-3-4-6-20(18)26-9-11-27-12-10-26;/h3-8,13H,9-12,14-15H2,1-2H3,(H2,23,24,25);1H. The van der Waals surface area contributed by atoms with Crippen molar-refractivity contribution >= 4 is 35.6 Å². The molecule has 0 aromatic heterocycles. The molecule has 2 aromatic carbocycles. The van der Waals surface area contributed by atoms with E-state index in [1.165, 1.54) is 11.3 Å². The van der Waals surface area contributed by atoms with E-state index in [4.69, 9.17) is 4.74 Å². The van der Waals surface area contributed by atoms with Gasteiger partial charge in [-0.3, -0.25) is 4.99 Å². The minimum Gasteiger partial charge on any atom is -0.378 e. The van der Waals surface area contributed by atoms with E-state index in [1.54, 1.807) is 26.1 Å². The Kier molecular flexibility index (Phi) is 8.98. The summed E-state index contributed by atoms with van der Waals surface area (Å²) in [5.74, 6) is 0.504. The molecule has 0 aliphatic carbocycles. The third-order valence-electron chi connectivity index (χ3n) is 4.71. The summed E-state index contributed by atoms with van der Waals surface area (Å²) >= 11 is 0. The number of morpholine rings is 1. The number of nitrogens with zero attached hydrogens (tertiary/aromatic N) is 2. The molecule has 0 atom stereocenters. The van der Waals surface area contributed by atoms with Crippen molar-refractivity contribution in [1.29, 1.82) is 0 Å². The zero-order valence-corrected chi connectivity index (χ0v) is 18.7. The van der Waals surface area contributed by atoms with Crippen LogP contribution in [0.4, 0.5) is 10.1 Å². The Morgan fingerprint density at radius 2 is 1.82 bits per heavy atom. The third-order valence-corrected chi connectivity index (χ3v) is 4.71. The van der Waals surface area contributed by atoms with E-state index in [0.717, 1.165) is 31.9 Å². The second kappa shape index (κ2) is 11.2. The molecule has 1 aliphatic rings. The molecule has 3 rings (SSSR count). The number of anilines is 1. The number of ether oxygens (including phenoxy) is 1. The summed E-state index contributed by atoms with van der Waals surface area (Å²) in [7, 11) is 1.74. The topological polar surface area (TPSA) is 48.9 Å². The Morgan fingerprint density at radius 3 is 2.54 bits per heavy atom. The van der Waals surface area contributed by atoms with E-state index in [9.17, 15) is 4.39 Å². The molecule has 152 valence electrons. The monoisotopic (exact) mass is 498 g/mol. The summed E-state index contributed by atoms with van der Waals surface area (Å²) in [6.07, 6.45) is 0. The molecular formula is C21H28FIN4O. The Hall–Kier alpha value is -1.87. The molecule has 28 heavy (non-hydrogen) atoms. The molecule has 2 aromatic rings. The SMILES string of the molecule is CN=C(NCc1ccc(C)c(F)c1)NCc1ccccc1N1CCOCC1.I. The van der Waals surface area contributed by atoms with Crippen LogP contribution in [0.3, 0.4) is 0 Å². The number of aliphatic imine (C=N–C) groups is 1. The third kappa shape index (κ3) is 6.07. The summed E-state index contributed by atoms with van der Waals surface area (Å²) in [5.41, 5.74) is 3.98. The zero-order chi connectivity index (χ0) is 19.1. The van der Waals surface area contributed by atoms with Gasteiger partial charge in [-0.25, -0.2) is 4.39 Å². The van der Waals surface area contributed by atoms with Gasteiger partial charge in [0.2, 0.25) is 0 Å². The van der Waals surface area contributed by atoms with Gasteiger partial charge in [-0.15, -0.1) is 24.0 Å². The molecule has 0 radical (unpaired) electrons. The number of benzene rings is 2. The van der Waals surface area contributed by atoms with Crippen LogP contribution in [0.15, 0.2) is 47.5 Å². The molecule has 0 amide bonds. The van der Waals surface area contributed by atoms with Crippen molar-refractivity contribution in [3.63, 3.8) is 0 Å². The first-order valence-electron chi connectivity index (χ1n) is 9.27. The van der Waals surface area contributed by atoms with Gasteiger partial charge in [0.05, 0.1) is 13.2 Å². The minimum atomic E-state index is -0.184. The lowest BCUT2D eigenvalue weighted by Gasteiger charge is -2.30. The largest absolute Gasteiger partial charge is 0.378 e. The number of guanidine groups is 1. The first-order chi connectivity index (χ1) is 13.2. The number of rotatable bonds is 5. The number of hydrogen-bond acceptors (Lipinski definition) is 3. The normalized spacial score (nSPS) is 14.4.